The van der Waals surface area contributed by atoms with E-state index >= 15 is 0 Å². The number of carbonyl (C=O) groups is 1. The van der Waals surface area contributed by atoms with Crippen LogP contribution in [0.25, 0.3) is 0 Å². The molecule has 2 aromatic carbocycles. The Bertz CT molecular complexity index is 624. The third-order valence-electron chi connectivity index (χ3n) is 2.77. The average molecular weight is 307 g/mol. The maximum Gasteiger partial charge on any atom is 0.411 e. The Morgan fingerprint density at radius 1 is 1.14 bits per heavy atom. The molecule has 0 fully saturated rings. The van der Waals surface area contributed by atoms with Crippen LogP contribution in [0.3, 0.4) is 0 Å². The maximum atomic E-state index is 13.8. The number of amides is 1. The Labute approximate surface area is 126 Å². The molecule has 0 aromatic heterocycles. The molecule has 6 heteroatoms. The minimum atomic E-state index is -0.934. The largest absolute Gasteiger partial charge is 0.489 e. The van der Waals surface area contributed by atoms with Crippen molar-refractivity contribution < 1.29 is 23.0 Å². The molecule has 0 aliphatic carbocycles. The van der Waals surface area contributed by atoms with Crippen LogP contribution < -0.4 is 10.1 Å². The van der Waals surface area contributed by atoms with E-state index in [1.165, 1.54) is 0 Å². The van der Waals surface area contributed by atoms with Gasteiger partial charge in [-0.2, -0.15) is 0 Å². The summed E-state index contributed by atoms with van der Waals surface area (Å²) in [5, 5.41) is 2.01. The molecule has 0 saturated carbocycles. The SMILES string of the molecule is CCOC(=O)Nc1c(F)cc(OCc2ccccc2)cc1F. The van der Waals surface area contributed by atoms with Crippen LogP contribution in [0.15, 0.2) is 42.5 Å². The van der Waals surface area contributed by atoms with E-state index in [0.29, 0.717) is 0 Å². The van der Waals surface area contributed by atoms with Gasteiger partial charge in [0.2, 0.25) is 0 Å². The fourth-order valence-electron chi connectivity index (χ4n) is 1.76. The fraction of sp³-hybridized carbons (Fsp3) is 0.188. The molecule has 0 bridgehead atoms. The lowest BCUT2D eigenvalue weighted by Crippen LogP contribution is -2.15. The maximum absolute atomic E-state index is 13.8. The molecule has 22 heavy (non-hydrogen) atoms. The average Bonchev–Trinajstić information content (AvgIpc) is 2.50. The van der Waals surface area contributed by atoms with E-state index in [1.54, 1.807) is 6.92 Å². The third kappa shape index (κ3) is 4.18. The van der Waals surface area contributed by atoms with E-state index < -0.39 is 23.4 Å². The first-order chi connectivity index (χ1) is 10.6. The van der Waals surface area contributed by atoms with Gasteiger partial charge < -0.3 is 9.47 Å². The number of anilines is 1. The lowest BCUT2D eigenvalue weighted by Gasteiger charge is -2.11. The Kier molecular flexibility index (Phi) is 5.30. The highest BCUT2D eigenvalue weighted by atomic mass is 19.1. The molecule has 0 heterocycles. The van der Waals surface area contributed by atoms with Crippen molar-refractivity contribution in [3.8, 4) is 5.75 Å². The number of ether oxygens (including phenoxy) is 2. The second kappa shape index (κ2) is 7.40. The lowest BCUT2D eigenvalue weighted by atomic mass is 10.2. The van der Waals surface area contributed by atoms with E-state index in [9.17, 15) is 13.6 Å². The highest BCUT2D eigenvalue weighted by molar-refractivity contribution is 5.85. The molecule has 1 amide bonds. The van der Waals surface area contributed by atoms with Crippen molar-refractivity contribution in [1.82, 2.24) is 0 Å². The van der Waals surface area contributed by atoms with Crippen LogP contribution in [0.2, 0.25) is 0 Å². The number of hydrogen-bond acceptors (Lipinski definition) is 3. The number of halogens is 2. The topological polar surface area (TPSA) is 47.6 Å². The van der Waals surface area contributed by atoms with Gasteiger partial charge in [0.15, 0.2) is 11.6 Å². The van der Waals surface area contributed by atoms with Gasteiger partial charge in [-0.15, -0.1) is 0 Å². The van der Waals surface area contributed by atoms with Crippen molar-refractivity contribution in [1.29, 1.82) is 0 Å². The lowest BCUT2D eigenvalue weighted by molar-refractivity contribution is 0.167. The number of hydrogen-bond donors (Lipinski definition) is 1. The number of carbonyl (C=O) groups excluding carboxylic acids is 1. The fourth-order valence-corrected chi connectivity index (χ4v) is 1.76. The summed E-state index contributed by atoms with van der Waals surface area (Å²) in [5.41, 5.74) is 0.308. The summed E-state index contributed by atoms with van der Waals surface area (Å²) < 4.78 is 37.6. The molecule has 0 atom stereocenters. The van der Waals surface area contributed by atoms with Crippen LogP contribution >= 0.6 is 0 Å². The molecule has 0 aliphatic rings. The summed E-state index contributed by atoms with van der Waals surface area (Å²) in [6.45, 7) is 1.88. The summed E-state index contributed by atoms with van der Waals surface area (Å²) in [5.74, 6) is -1.83. The van der Waals surface area contributed by atoms with Gasteiger partial charge in [-0.25, -0.2) is 13.6 Å². The van der Waals surface area contributed by atoms with Gasteiger partial charge >= 0.3 is 6.09 Å². The van der Waals surface area contributed by atoms with Crippen molar-refractivity contribution in [2.75, 3.05) is 11.9 Å². The first kappa shape index (κ1) is 15.8. The van der Waals surface area contributed by atoms with Crippen molar-refractivity contribution in [2.45, 2.75) is 13.5 Å². The molecule has 4 nitrogen and oxygen atoms in total. The van der Waals surface area contributed by atoms with Gasteiger partial charge in [-0.3, -0.25) is 5.32 Å². The Morgan fingerprint density at radius 2 is 1.77 bits per heavy atom. The minimum absolute atomic E-state index is 0.0354. The first-order valence-corrected chi connectivity index (χ1v) is 6.69. The molecule has 0 unspecified atom stereocenters. The van der Waals surface area contributed by atoms with Crippen LogP contribution in [0.1, 0.15) is 12.5 Å². The number of rotatable bonds is 5. The molecule has 0 saturated heterocycles. The van der Waals surface area contributed by atoms with E-state index in [-0.39, 0.29) is 19.0 Å². The molecule has 0 aliphatic heterocycles. The van der Waals surface area contributed by atoms with Crippen LogP contribution in [0, 0.1) is 11.6 Å². The molecule has 0 radical (unpaired) electrons. The highest BCUT2D eigenvalue weighted by Gasteiger charge is 2.15. The zero-order valence-corrected chi connectivity index (χ0v) is 11.9. The van der Waals surface area contributed by atoms with E-state index in [4.69, 9.17) is 4.74 Å². The molecule has 2 aromatic rings. The molecule has 116 valence electrons. The molecular formula is C16H15F2NO3. The van der Waals surface area contributed by atoms with Gasteiger partial charge in [0.1, 0.15) is 18.0 Å². The van der Waals surface area contributed by atoms with Crippen molar-refractivity contribution in [3.63, 3.8) is 0 Å². The third-order valence-corrected chi connectivity index (χ3v) is 2.77. The molecule has 0 spiro atoms. The first-order valence-electron chi connectivity index (χ1n) is 6.69. The van der Waals surface area contributed by atoms with E-state index in [1.807, 2.05) is 35.6 Å². The van der Waals surface area contributed by atoms with Crippen LogP contribution in [0.5, 0.6) is 5.75 Å². The second-order valence-corrected chi connectivity index (χ2v) is 4.38. The summed E-state index contributed by atoms with van der Waals surface area (Å²) in [6, 6.07) is 11.2. The van der Waals surface area contributed by atoms with Crippen molar-refractivity contribution in [2.24, 2.45) is 0 Å². The standard InChI is InChI=1S/C16H15F2NO3/c1-2-21-16(20)19-15-13(17)8-12(9-14(15)18)22-10-11-6-4-3-5-7-11/h3-9H,2,10H2,1H3,(H,19,20). The smallest absolute Gasteiger partial charge is 0.411 e. The van der Waals surface area contributed by atoms with Gasteiger partial charge in [-0.05, 0) is 12.5 Å². The number of benzene rings is 2. The van der Waals surface area contributed by atoms with Gasteiger partial charge in [-0.1, -0.05) is 30.3 Å². The summed E-state index contributed by atoms with van der Waals surface area (Å²) >= 11 is 0. The Balaban J connectivity index is 2.07. The van der Waals surface area contributed by atoms with E-state index in [2.05, 4.69) is 4.74 Å². The van der Waals surface area contributed by atoms with Crippen LogP contribution in [-0.2, 0) is 11.3 Å². The van der Waals surface area contributed by atoms with Gasteiger partial charge in [0.25, 0.3) is 0 Å². The molecule has 2 rings (SSSR count). The normalized spacial score (nSPS) is 10.1. The number of nitrogens with one attached hydrogen (secondary N) is 1. The zero-order valence-electron chi connectivity index (χ0n) is 11.9. The predicted octanol–water partition coefficient (Wildman–Crippen LogP) is 4.11. The van der Waals surface area contributed by atoms with Crippen LogP contribution in [-0.4, -0.2) is 12.7 Å². The van der Waals surface area contributed by atoms with E-state index in [0.717, 1.165) is 17.7 Å². The Morgan fingerprint density at radius 3 is 2.36 bits per heavy atom. The Hall–Kier alpha value is -2.63. The molecule has 1 N–H and O–H groups in total. The predicted molar refractivity (Wildman–Crippen MR) is 77.8 cm³/mol. The summed E-state index contributed by atoms with van der Waals surface area (Å²) in [6.07, 6.45) is -0.918. The zero-order chi connectivity index (χ0) is 15.9. The van der Waals surface area contributed by atoms with Gasteiger partial charge in [0, 0.05) is 12.1 Å². The second-order valence-electron chi connectivity index (χ2n) is 4.38. The van der Waals surface area contributed by atoms with Crippen molar-refractivity contribution >= 4 is 11.8 Å². The monoisotopic (exact) mass is 307 g/mol. The highest BCUT2D eigenvalue weighted by Crippen LogP contribution is 2.25. The molecular weight excluding hydrogens is 292 g/mol. The van der Waals surface area contributed by atoms with Crippen LogP contribution in [0.4, 0.5) is 19.3 Å². The van der Waals surface area contributed by atoms with Gasteiger partial charge in [0.05, 0.1) is 6.61 Å². The quantitative estimate of drug-likeness (QED) is 0.904. The van der Waals surface area contributed by atoms with Crippen molar-refractivity contribution in [3.05, 3.63) is 59.7 Å². The summed E-state index contributed by atoms with van der Waals surface area (Å²) in [7, 11) is 0. The minimum Gasteiger partial charge on any atom is -0.489 e. The summed E-state index contributed by atoms with van der Waals surface area (Å²) in [4.78, 5) is 11.2.